The molecule has 0 amide bonds. The Bertz CT molecular complexity index is 1760. The van der Waals surface area contributed by atoms with Crippen LogP contribution in [0.4, 0.5) is 0 Å². The molecule has 2 aliphatic carbocycles. The van der Waals surface area contributed by atoms with Gasteiger partial charge in [-0.2, -0.15) is 15.8 Å². The molecule has 4 aromatic rings. The molecule has 2 heterocycles. The van der Waals surface area contributed by atoms with Gasteiger partial charge in [-0.15, -0.1) is 0 Å². The highest BCUT2D eigenvalue weighted by Crippen LogP contribution is 2.36. The fraction of sp³-hybridized carbons (Fsp3) is 0.0385. The molecule has 2 aromatic carbocycles. The highest BCUT2D eigenvalue weighted by atomic mass is 16.5. The maximum atomic E-state index is 12.1. The number of ether oxygens (including phenoxy) is 1. The van der Waals surface area contributed by atoms with E-state index in [1.807, 2.05) is 18.2 Å². The van der Waals surface area contributed by atoms with E-state index < -0.39 is 0 Å². The second kappa shape index (κ2) is 8.53. The average molecular weight is 469 g/mol. The van der Waals surface area contributed by atoms with Crippen LogP contribution in [0.3, 0.4) is 0 Å². The number of nitriles is 3. The Kier molecular flexibility index (Phi) is 5.22. The summed E-state index contributed by atoms with van der Waals surface area (Å²) in [5, 5.41) is 26.7. The first-order valence-electron chi connectivity index (χ1n) is 10.4. The van der Waals surface area contributed by atoms with Crippen LogP contribution >= 0.6 is 0 Å². The normalized spacial score (nSPS) is 11.5. The highest BCUT2D eigenvalue weighted by molar-refractivity contribution is 6.20. The Morgan fingerprint density at radius 2 is 0.972 bits per heavy atom. The summed E-state index contributed by atoms with van der Waals surface area (Å²) in [6.45, 7) is 0. The monoisotopic (exact) mass is 469 g/mol. The van der Waals surface area contributed by atoms with Gasteiger partial charge >= 0.3 is 0 Å². The van der Waals surface area contributed by atoms with Crippen LogP contribution in [0.5, 0.6) is 5.88 Å². The number of hydrogen-bond donors (Lipinski definition) is 0. The van der Waals surface area contributed by atoms with E-state index in [-0.39, 0.29) is 45.9 Å². The van der Waals surface area contributed by atoms with Crippen LogP contribution in [0.1, 0.15) is 49.2 Å². The zero-order valence-electron chi connectivity index (χ0n) is 18.5. The van der Waals surface area contributed by atoms with Crippen LogP contribution in [-0.2, 0) is 0 Å². The van der Waals surface area contributed by atoms with Gasteiger partial charge in [0, 0.05) is 22.3 Å². The van der Waals surface area contributed by atoms with Crippen LogP contribution in [-0.4, -0.2) is 38.6 Å². The molecule has 0 bridgehead atoms. The van der Waals surface area contributed by atoms with Crippen molar-refractivity contribution in [3.8, 4) is 46.6 Å². The summed E-state index contributed by atoms with van der Waals surface area (Å²) in [6, 6.07) is 19.6. The van der Waals surface area contributed by atoms with Crippen molar-refractivity contribution in [2.24, 2.45) is 0 Å². The molecule has 0 saturated heterocycles. The third-order valence-electron chi connectivity index (χ3n) is 5.55. The van der Waals surface area contributed by atoms with Crippen LogP contribution in [0.2, 0.25) is 0 Å². The van der Waals surface area contributed by atoms with Gasteiger partial charge in [-0.3, -0.25) is 9.59 Å². The molecule has 36 heavy (non-hydrogen) atoms. The quantitative estimate of drug-likeness (QED) is 0.349. The van der Waals surface area contributed by atoms with Crippen LogP contribution in [0.25, 0.3) is 22.5 Å². The number of nitrogens with zero attached hydrogens (tertiary/aromatic N) is 7. The van der Waals surface area contributed by atoms with E-state index in [1.54, 1.807) is 48.5 Å². The van der Waals surface area contributed by atoms with Gasteiger partial charge in [0.1, 0.15) is 41.0 Å². The zero-order chi connectivity index (χ0) is 25.4. The Morgan fingerprint density at radius 1 is 0.583 bits per heavy atom. The maximum Gasteiger partial charge on any atom is 0.251 e. The summed E-state index contributed by atoms with van der Waals surface area (Å²) in [4.78, 5) is 40.4. The SMILES string of the molecule is COc1nc2c(nc1C#N)C(=O)c1ccccc1-2.N#Cc1nc2c(nc1C#N)-c1ccccc1C2=O. The number of carbonyl (C=O) groups is 2. The van der Waals surface area contributed by atoms with E-state index in [9.17, 15) is 9.59 Å². The standard InChI is InChI=1S/C13H4N4O.C13H7N3O2/c14-5-9-10(6-15)17-12-11(16-9)7-3-1-2-4-8(7)13(12)18;1-18-13-9(6-14)15-11-10(16-13)7-4-2-3-5-8(7)12(11)17/h1-4H;2-5H,1H3. The first-order valence-corrected chi connectivity index (χ1v) is 10.4. The van der Waals surface area contributed by atoms with Crippen molar-refractivity contribution in [3.05, 3.63) is 88.1 Å². The third-order valence-corrected chi connectivity index (χ3v) is 5.55. The van der Waals surface area contributed by atoms with E-state index in [1.165, 1.54) is 7.11 Å². The fourth-order valence-electron chi connectivity index (χ4n) is 3.95. The summed E-state index contributed by atoms with van der Waals surface area (Å²) >= 11 is 0. The van der Waals surface area contributed by atoms with Crippen LogP contribution in [0, 0.1) is 34.0 Å². The molecule has 2 aromatic heterocycles. The Hall–Kier alpha value is -5.79. The lowest BCUT2D eigenvalue weighted by atomic mass is 10.1. The Balaban J connectivity index is 0.000000148. The molecule has 168 valence electrons. The molecule has 0 aliphatic heterocycles. The molecule has 0 unspecified atom stereocenters. The summed E-state index contributed by atoms with van der Waals surface area (Å²) in [7, 11) is 1.42. The minimum Gasteiger partial charge on any atom is -0.479 e. The number of carbonyl (C=O) groups excluding carboxylic acids is 2. The molecule has 10 heteroatoms. The molecule has 2 aliphatic rings. The minimum absolute atomic E-state index is 0.0254. The Morgan fingerprint density at radius 3 is 1.42 bits per heavy atom. The van der Waals surface area contributed by atoms with Crippen LogP contribution < -0.4 is 4.74 Å². The predicted octanol–water partition coefficient (Wildman–Crippen LogP) is 3.00. The number of rotatable bonds is 1. The first kappa shape index (κ1) is 22.0. The van der Waals surface area contributed by atoms with Gasteiger partial charge < -0.3 is 4.74 Å². The van der Waals surface area contributed by atoms with Crippen molar-refractivity contribution >= 4 is 11.6 Å². The second-order valence-corrected chi connectivity index (χ2v) is 7.48. The average Bonchev–Trinajstić information content (AvgIpc) is 3.37. The van der Waals surface area contributed by atoms with Gasteiger partial charge in [0.25, 0.3) is 5.88 Å². The topological polar surface area (TPSA) is 166 Å². The number of methoxy groups -OCH3 is 1. The largest absolute Gasteiger partial charge is 0.479 e. The van der Waals surface area contributed by atoms with E-state index in [2.05, 4.69) is 19.9 Å². The molecule has 0 saturated carbocycles. The van der Waals surface area contributed by atoms with Gasteiger partial charge in [-0.25, -0.2) is 19.9 Å². The Labute approximate surface area is 203 Å². The third kappa shape index (κ3) is 3.25. The number of aromatic nitrogens is 4. The van der Waals surface area contributed by atoms with Gasteiger partial charge in [0.05, 0.1) is 7.11 Å². The van der Waals surface area contributed by atoms with E-state index in [0.717, 1.165) is 5.56 Å². The lowest BCUT2D eigenvalue weighted by Gasteiger charge is -2.03. The molecule has 0 atom stereocenters. The van der Waals surface area contributed by atoms with Gasteiger partial charge in [-0.1, -0.05) is 48.5 Å². The van der Waals surface area contributed by atoms with E-state index >= 15 is 0 Å². The lowest BCUT2D eigenvalue weighted by molar-refractivity contribution is 0.103. The van der Waals surface area contributed by atoms with E-state index in [4.69, 9.17) is 20.5 Å². The highest BCUT2D eigenvalue weighted by Gasteiger charge is 2.32. The number of hydrogen-bond acceptors (Lipinski definition) is 10. The number of ketones is 2. The minimum atomic E-state index is -0.255. The number of fused-ring (bicyclic) bond motifs is 6. The van der Waals surface area contributed by atoms with Gasteiger partial charge in [0.2, 0.25) is 17.3 Å². The fourth-order valence-corrected chi connectivity index (χ4v) is 3.95. The maximum absolute atomic E-state index is 12.1. The van der Waals surface area contributed by atoms with E-state index in [0.29, 0.717) is 28.1 Å². The van der Waals surface area contributed by atoms with Gasteiger partial charge in [-0.05, 0) is 0 Å². The van der Waals surface area contributed by atoms with Crippen molar-refractivity contribution in [1.82, 2.24) is 19.9 Å². The lowest BCUT2D eigenvalue weighted by Crippen LogP contribution is -2.03. The molecular weight excluding hydrogens is 458 g/mol. The van der Waals surface area contributed by atoms with Crippen molar-refractivity contribution in [3.63, 3.8) is 0 Å². The molecule has 0 fully saturated rings. The second-order valence-electron chi connectivity index (χ2n) is 7.48. The zero-order valence-corrected chi connectivity index (χ0v) is 18.5. The molecule has 6 rings (SSSR count). The van der Waals surface area contributed by atoms with Gasteiger partial charge in [0.15, 0.2) is 11.4 Å². The van der Waals surface area contributed by atoms with Crippen LogP contribution in [0.15, 0.2) is 48.5 Å². The van der Waals surface area contributed by atoms with Crippen molar-refractivity contribution in [2.45, 2.75) is 0 Å². The summed E-state index contributed by atoms with van der Waals surface area (Å²) in [5.74, 6) is -0.318. The molecule has 0 radical (unpaired) electrons. The summed E-state index contributed by atoms with van der Waals surface area (Å²) in [5.41, 5.74) is 3.53. The molecule has 10 nitrogen and oxygen atoms in total. The number of benzene rings is 2. The van der Waals surface area contributed by atoms with Crippen molar-refractivity contribution in [2.75, 3.05) is 7.11 Å². The smallest absolute Gasteiger partial charge is 0.251 e. The predicted molar refractivity (Wildman–Crippen MR) is 122 cm³/mol. The first-order chi connectivity index (χ1) is 17.5. The molecule has 0 spiro atoms. The summed E-state index contributed by atoms with van der Waals surface area (Å²) < 4.78 is 5.00. The molecule has 0 N–H and O–H groups in total. The van der Waals surface area contributed by atoms with Crippen molar-refractivity contribution in [1.29, 1.82) is 15.8 Å². The van der Waals surface area contributed by atoms with Crippen molar-refractivity contribution < 1.29 is 14.3 Å². The molecular formula is C26H11N7O3. The summed E-state index contributed by atoms with van der Waals surface area (Å²) in [6.07, 6.45) is 0.